The third-order valence-corrected chi connectivity index (χ3v) is 6.28. The van der Waals surface area contributed by atoms with Gasteiger partial charge in [0.25, 0.3) is 5.56 Å². The van der Waals surface area contributed by atoms with Crippen molar-refractivity contribution in [2.75, 3.05) is 26.1 Å². The lowest BCUT2D eigenvalue weighted by atomic mass is 10.1. The van der Waals surface area contributed by atoms with Gasteiger partial charge in [-0.15, -0.1) is 0 Å². The second kappa shape index (κ2) is 8.63. The summed E-state index contributed by atoms with van der Waals surface area (Å²) in [7, 11) is 1.34. The number of aromatic nitrogens is 2. The molecule has 0 aliphatic carbocycles. The molecule has 2 saturated heterocycles. The average molecular weight is 404 g/mol. The summed E-state index contributed by atoms with van der Waals surface area (Å²) >= 11 is 1.53. The van der Waals surface area contributed by atoms with E-state index in [1.54, 1.807) is 22.8 Å². The third kappa shape index (κ3) is 4.09. The van der Waals surface area contributed by atoms with E-state index in [0.29, 0.717) is 28.2 Å². The van der Waals surface area contributed by atoms with E-state index in [1.165, 1.54) is 18.9 Å². The molecule has 2 aliphatic rings. The van der Waals surface area contributed by atoms with Crippen LogP contribution in [-0.4, -0.2) is 53.8 Å². The number of carbonyl (C=O) groups is 1. The largest absolute Gasteiger partial charge is 0.465 e. The Balaban J connectivity index is 1.71. The topological polar surface area (TPSA) is 79.7 Å². The van der Waals surface area contributed by atoms with Crippen molar-refractivity contribution in [1.29, 1.82) is 0 Å². The Morgan fingerprint density at radius 3 is 2.68 bits per heavy atom. The third-order valence-electron chi connectivity index (χ3n) is 5.17. The van der Waals surface area contributed by atoms with Crippen molar-refractivity contribution in [3.05, 3.63) is 34.1 Å². The standard InChI is InChI=1S/C20H24N2O5S/c1-25-19(24)13-6-7-16-17(10-13)21-20(28-12-15-5-3-9-27-15)22(18(16)23)11-14-4-2-8-26-14/h6-7,10,14-15H,2-5,8-9,11-12H2,1H3/t14-,15+/m0/s1. The molecule has 3 heterocycles. The number of hydrogen-bond acceptors (Lipinski definition) is 7. The lowest BCUT2D eigenvalue weighted by molar-refractivity contribution is 0.0601. The van der Waals surface area contributed by atoms with Crippen molar-refractivity contribution in [3.8, 4) is 0 Å². The van der Waals surface area contributed by atoms with E-state index in [9.17, 15) is 9.59 Å². The normalized spacial score (nSPS) is 22.0. The Bertz CT molecular complexity index is 917. The van der Waals surface area contributed by atoms with Crippen LogP contribution in [0.1, 0.15) is 36.0 Å². The molecule has 0 N–H and O–H groups in total. The molecule has 1 aromatic heterocycles. The van der Waals surface area contributed by atoms with Crippen LogP contribution in [-0.2, 0) is 20.8 Å². The monoisotopic (exact) mass is 404 g/mol. The fraction of sp³-hybridized carbons (Fsp3) is 0.550. The van der Waals surface area contributed by atoms with Crippen LogP contribution in [0.15, 0.2) is 28.2 Å². The summed E-state index contributed by atoms with van der Waals surface area (Å²) in [6, 6.07) is 4.87. The summed E-state index contributed by atoms with van der Waals surface area (Å²) in [5, 5.41) is 1.14. The molecule has 2 atom stereocenters. The van der Waals surface area contributed by atoms with Crippen LogP contribution >= 0.6 is 11.8 Å². The van der Waals surface area contributed by atoms with Gasteiger partial charge in [0.15, 0.2) is 5.16 Å². The molecule has 8 heteroatoms. The first-order valence-electron chi connectivity index (χ1n) is 9.64. The first-order valence-corrected chi connectivity index (χ1v) is 10.6. The highest BCUT2D eigenvalue weighted by Crippen LogP contribution is 2.25. The van der Waals surface area contributed by atoms with Crippen LogP contribution in [0.25, 0.3) is 10.9 Å². The first-order chi connectivity index (χ1) is 13.7. The average Bonchev–Trinajstić information content (AvgIpc) is 3.41. The van der Waals surface area contributed by atoms with Crippen molar-refractivity contribution in [1.82, 2.24) is 9.55 Å². The second-order valence-electron chi connectivity index (χ2n) is 7.11. The van der Waals surface area contributed by atoms with E-state index in [1.807, 2.05) is 0 Å². The molecule has 2 aliphatic heterocycles. The van der Waals surface area contributed by atoms with Crippen LogP contribution in [0.3, 0.4) is 0 Å². The Kier molecular flexibility index (Phi) is 5.99. The predicted molar refractivity (Wildman–Crippen MR) is 106 cm³/mol. The van der Waals surface area contributed by atoms with Crippen LogP contribution in [0, 0.1) is 0 Å². The van der Waals surface area contributed by atoms with Crippen LogP contribution in [0.2, 0.25) is 0 Å². The zero-order valence-electron chi connectivity index (χ0n) is 15.9. The lowest BCUT2D eigenvalue weighted by Crippen LogP contribution is -2.29. The number of thioether (sulfide) groups is 1. The summed E-state index contributed by atoms with van der Waals surface area (Å²) in [6.45, 7) is 2.03. The van der Waals surface area contributed by atoms with Gasteiger partial charge < -0.3 is 14.2 Å². The zero-order chi connectivity index (χ0) is 19.5. The molecule has 0 spiro atoms. The number of hydrogen-bond donors (Lipinski definition) is 0. The number of esters is 1. The molecule has 0 amide bonds. The van der Waals surface area contributed by atoms with Gasteiger partial charge in [-0.05, 0) is 43.9 Å². The fourth-order valence-electron chi connectivity index (χ4n) is 3.65. The quantitative estimate of drug-likeness (QED) is 0.416. The van der Waals surface area contributed by atoms with E-state index in [-0.39, 0.29) is 17.8 Å². The number of benzene rings is 1. The van der Waals surface area contributed by atoms with Gasteiger partial charge in [0.1, 0.15) is 0 Å². The minimum absolute atomic E-state index is 0.0355. The van der Waals surface area contributed by atoms with Gasteiger partial charge in [-0.1, -0.05) is 11.8 Å². The number of fused-ring (bicyclic) bond motifs is 1. The van der Waals surface area contributed by atoms with E-state index in [2.05, 4.69) is 0 Å². The highest BCUT2D eigenvalue weighted by Gasteiger charge is 2.22. The molecule has 0 radical (unpaired) electrons. The van der Waals surface area contributed by atoms with Gasteiger partial charge in [-0.2, -0.15) is 0 Å². The van der Waals surface area contributed by atoms with Gasteiger partial charge >= 0.3 is 5.97 Å². The molecule has 0 saturated carbocycles. The van der Waals surface area contributed by atoms with Crippen molar-refractivity contribution >= 4 is 28.6 Å². The maximum Gasteiger partial charge on any atom is 0.337 e. The molecule has 2 aromatic rings. The Morgan fingerprint density at radius 2 is 2.00 bits per heavy atom. The van der Waals surface area contributed by atoms with Gasteiger partial charge in [0.05, 0.1) is 42.3 Å². The van der Waals surface area contributed by atoms with Crippen molar-refractivity contribution < 1.29 is 19.0 Å². The van der Waals surface area contributed by atoms with Crippen molar-refractivity contribution in [2.24, 2.45) is 0 Å². The SMILES string of the molecule is COC(=O)c1ccc2c(=O)n(C[C@@H]3CCCO3)c(SC[C@H]3CCCO3)nc2c1. The number of carbonyl (C=O) groups excluding carboxylic acids is 1. The van der Waals surface area contributed by atoms with Crippen molar-refractivity contribution in [3.63, 3.8) is 0 Å². The summed E-state index contributed by atoms with van der Waals surface area (Å²) in [6.07, 6.45) is 4.29. The minimum Gasteiger partial charge on any atom is -0.465 e. The maximum atomic E-state index is 13.2. The molecule has 7 nitrogen and oxygen atoms in total. The zero-order valence-corrected chi connectivity index (χ0v) is 16.7. The maximum absolute atomic E-state index is 13.2. The molecule has 0 unspecified atom stereocenters. The minimum atomic E-state index is -0.444. The fourth-order valence-corrected chi connectivity index (χ4v) is 4.73. The smallest absolute Gasteiger partial charge is 0.337 e. The second-order valence-corrected chi connectivity index (χ2v) is 8.10. The van der Waals surface area contributed by atoms with Crippen molar-refractivity contribution in [2.45, 2.75) is 49.6 Å². The number of rotatable bonds is 6. The van der Waals surface area contributed by atoms with Crippen LogP contribution in [0.5, 0.6) is 0 Å². The first kappa shape index (κ1) is 19.4. The van der Waals surface area contributed by atoms with Gasteiger partial charge in [0.2, 0.25) is 0 Å². The molecular weight excluding hydrogens is 380 g/mol. The van der Waals surface area contributed by atoms with Gasteiger partial charge in [-0.25, -0.2) is 9.78 Å². The molecule has 150 valence electrons. The Morgan fingerprint density at radius 1 is 1.25 bits per heavy atom. The summed E-state index contributed by atoms with van der Waals surface area (Å²) in [5.74, 6) is 0.306. The molecule has 1 aromatic carbocycles. The van der Waals surface area contributed by atoms with E-state index in [4.69, 9.17) is 19.2 Å². The molecule has 28 heavy (non-hydrogen) atoms. The van der Waals surface area contributed by atoms with Gasteiger partial charge in [-0.3, -0.25) is 9.36 Å². The molecular formula is C20H24N2O5S. The molecule has 4 rings (SSSR count). The predicted octanol–water partition coefficient (Wildman–Crippen LogP) is 2.63. The Labute approximate surface area is 167 Å². The number of ether oxygens (including phenoxy) is 3. The number of nitrogens with zero attached hydrogens (tertiary/aromatic N) is 2. The highest BCUT2D eigenvalue weighted by molar-refractivity contribution is 7.99. The summed E-state index contributed by atoms with van der Waals surface area (Å²) in [5.41, 5.74) is 0.784. The Hall–Kier alpha value is -1.90. The van der Waals surface area contributed by atoms with E-state index >= 15 is 0 Å². The van der Waals surface area contributed by atoms with Gasteiger partial charge in [0, 0.05) is 19.0 Å². The molecule has 2 fully saturated rings. The van der Waals surface area contributed by atoms with E-state index in [0.717, 1.165) is 44.6 Å². The van der Waals surface area contributed by atoms with E-state index < -0.39 is 5.97 Å². The highest BCUT2D eigenvalue weighted by atomic mass is 32.2. The van der Waals surface area contributed by atoms with Crippen LogP contribution in [0.4, 0.5) is 0 Å². The van der Waals surface area contributed by atoms with Crippen LogP contribution < -0.4 is 5.56 Å². The lowest BCUT2D eigenvalue weighted by Gasteiger charge is -2.17. The molecule has 0 bridgehead atoms. The number of methoxy groups -OCH3 is 1. The summed E-state index contributed by atoms with van der Waals surface area (Å²) in [4.78, 5) is 29.8. The summed E-state index contributed by atoms with van der Waals surface area (Å²) < 4.78 is 18.0.